The van der Waals surface area contributed by atoms with Gasteiger partial charge in [-0.2, -0.15) is 0 Å². The molecule has 0 saturated heterocycles. The van der Waals surface area contributed by atoms with Crippen molar-refractivity contribution in [1.29, 1.82) is 0 Å². The van der Waals surface area contributed by atoms with Gasteiger partial charge in [-0.1, -0.05) is 12.1 Å². The van der Waals surface area contributed by atoms with Crippen molar-refractivity contribution in [1.82, 2.24) is 4.98 Å². The average molecular weight is 360 g/mol. The van der Waals surface area contributed by atoms with Crippen molar-refractivity contribution in [3.8, 4) is 22.1 Å². The Bertz CT molecular complexity index is 828. The first-order chi connectivity index (χ1) is 11.7. The molecule has 3 rings (SSSR count). The minimum Gasteiger partial charge on any atom is -0.497 e. The van der Waals surface area contributed by atoms with E-state index in [4.69, 9.17) is 9.47 Å². The summed E-state index contributed by atoms with van der Waals surface area (Å²) in [6.07, 6.45) is 0.209. The Kier molecular flexibility index (Phi) is 5.12. The number of carbonyl (C=O) groups is 1. The normalized spacial score (nSPS) is 10.4. The number of nitrogens with zero attached hydrogens (tertiary/aromatic N) is 1. The van der Waals surface area contributed by atoms with Crippen molar-refractivity contribution >= 4 is 33.7 Å². The highest BCUT2D eigenvalue weighted by molar-refractivity contribution is 7.16. The van der Waals surface area contributed by atoms with E-state index >= 15 is 0 Å². The summed E-state index contributed by atoms with van der Waals surface area (Å²) < 4.78 is 10.5. The average Bonchev–Trinajstić information content (AvgIpc) is 3.26. The van der Waals surface area contributed by atoms with Gasteiger partial charge in [0.2, 0.25) is 5.91 Å². The summed E-state index contributed by atoms with van der Waals surface area (Å²) in [5.74, 6) is 1.19. The van der Waals surface area contributed by atoms with Gasteiger partial charge in [-0.15, -0.1) is 22.7 Å². The molecule has 0 aliphatic carbocycles. The van der Waals surface area contributed by atoms with Gasteiger partial charge in [-0.25, -0.2) is 4.98 Å². The quantitative estimate of drug-likeness (QED) is 0.720. The molecule has 0 spiro atoms. The van der Waals surface area contributed by atoms with Crippen LogP contribution >= 0.6 is 22.7 Å². The number of anilines is 1. The zero-order valence-electron chi connectivity index (χ0n) is 13.2. The highest BCUT2D eigenvalue weighted by Crippen LogP contribution is 2.29. The largest absolute Gasteiger partial charge is 0.497 e. The number of aromatic nitrogens is 1. The molecule has 1 N–H and O–H groups in total. The molecule has 7 heteroatoms. The van der Waals surface area contributed by atoms with Gasteiger partial charge in [0.1, 0.15) is 11.5 Å². The smallest absolute Gasteiger partial charge is 0.230 e. The lowest BCUT2D eigenvalue weighted by Gasteiger charge is -2.10. The Morgan fingerprint density at radius 2 is 2.08 bits per heavy atom. The summed E-state index contributed by atoms with van der Waals surface area (Å²) in [5, 5.41) is 7.38. The maximum atomic E-state index is 12.3. The second-order valence-electron chi connectivity index (χ2n) is 4.92. The van der Waals surface area contributed by atoms with Gasteiger partial charge in [-0.3, -0.25) is 4.79 Å². The van der Waals surface area contributed by atoms with Crippen molar-refractivity contribution < 1.29 is 14.3 Å². The van der Waals surface area contributed by atoms with Crippen LogP contribution in [0.25, 0.3) is 10.6 Å². The van der Waals surface area contributed by atoms with Crippen LogP contribution in [0, 0.1) is 0 Å². The van der Waals surface area contributed by atoms with E-state index in [0.29, 0.717) is 16.6 Å². The minimum atomic E-state index is -0.134. The van der Waals surface area contributed by atoms with E-state index in [9.17, 15) is 4.79 Å². The third-order valence-electron chi connectivity index (χ3n) is 3.37. The molecule has 2 heterocycles. The molecule has 0 bridgehead atoms. The van der Waals surface area contributed by atoms with E-state index in [0.717, 1.165) is 16.1 Å². The fourth-order valence-electron chi connectivity index (χ4n) is 2.20. The number of ether oxygens (including phenoxy) is 2. The lowest BCUT2D eigenvalue weighted by atomic mass is 10.1. The van der Waals surface area contributed by atoms with E-state index < -0.39 is 0 Å². The molecule has 24 heavy (non-hydrogen) atoms. The zero-order valence-corrected chi connectivity index (χ0v) is 14.9. The molecule has 0 unspecified atom stereocenters. The summed E-state index contributed by atoms with van der Waals surface area (Å²) in [4.78, 5) is 17.8. The van der Waals surface area contributed by atoms with Crippen LogP contribution in [0.15, 0.2) is 41.1 Å². The zero-order chi connectivity index (χ0) is 16.9. The molecule has 0 saturated carbocycles. The predicted molar refractivity (Wildman–Crippen MR) is 97.3 cm³/mol. The van der Waals surface area contributed by atoms with E-state index in [1.165, 1.54) is 11.3 Å². The molecular formula is C17H16N2O3S2. The number of methoxy groups -OCH3 is 2. The first kappa shape index (κ1) is 16.5. The number of hydrogen-bond donors (Lipinski definition) is 1. The maximum absolute atomic E-state index is 12.3. The van der Waals surface area contributed by atoms with E-state index in [1.54, 1.807) is 31.6 Å². The molecule has 124 valence electrons. The molecule has 2 aromatic heterocycles. The lowest BCUT2D eigenvalue weighted by Crippen LogP contribution is -2.14. The number of thiazole rings is 1. The van der Waals surface area contributed by atoms with Crippen molar-refractivity contribution in [3.05, 3.63) is 46.7 Å². The molecule has 1 amide bonds. The topological polar surface area (TPSA) is 60.5 Å². The standard InChI is InChI=1S/C17H16N2O3S2/c1-21-12-6-5-11(14(9-12)22-2)8-16(20)19-17-18-13(10-24-17)15-4-3-7-23-15/h3-7,9-10H,8H2,1-2H3,(H,18,19,20). The first-order valence-electron chi connectivity index (χ1n) is 7.19. The van der Waals surface area contributed by atoms with Crippen molar-refractivity contribution in [2.45, 2.75) is 6.42 Å². The predicted octanol–water partition coefficient (Wildman–Crippen LogP) is 4.07. The van der Waals surface area contributed by atoms with Gasteiger partial charge in [0.25, 0.3) is 0 Å². The van der Waals surface area contributed by atoms with E-state index in [2.05, 4.69) is 10.3 Å². The summed E-state index contributed by atoms with van der Waals surface area (Å²) in [7, 11) is 3.17. The fourth-order valence-corrected chi connectivity index (χ4v) is 3.69. The van der Waals surface area contributed by atoms with Crippen LogP contribution in [0.5, 0.6) is 11.5 Å². The number of hydrogen-bond acceptors (Lipinski definition) is 6. The number of thiophene rings is 1. The van der Waals surface area contributed by atoms with Gasteiger partial charge < -0.3 is 14.8 Å². The molecular weight excluding hydrogens is 344 g/mol. The number of amides is 1. The molecule has 0 fully saturated rings. The molecule has 0 aliphatic heterocycles. The lowest BCUT2D eigenvalue weighted by molar-refractivity contribution is -0.115. The van der Waals surface area contributed by atoms with Gasteiger partial charge in [0, 0.05) is 17.0 Å². The van der Waals surface area contributed by atoms with Crippen molar-refractivity contribution in [2.24, 2.45) is 0 Å². The SMILES string of the molecule is COc1ccc(CC(=O)Nc2nc(-c3cccs3)cs2)c(OC)c1. The molecule has 5 nitrogen and oxygen atoms in total. The number of benzene rings is 1. The van der Waals surface area contributed by atoms with Crippen molar-refractivity contribution in [2.75, 3.05) is 19.5 Å². The monoisotopic (exact) mass is 360 g/mol. The Labute approximate surface area is 147 Å². The Balaban J connectivity index is 1.68. The van der Waals surface area contributed by atoms with Crippen LogP contribution < -0.4 is 14.8 Å². The third-order valence-corrected chi connectivity index (χ3v) is 5.02. The van der Waals surface area contributed by atoms with Gasteiger partial charge in [0.05, 0.1) is 31.2 Å². The Morgan fingerprint density at radius 1 is 1.21 bits per heavy atom. The highest BCUT2D eigenvalue weighted by atomic mass is 32.1. The molecule has 0 atom stereocenters. The summed E-state index contributed by atoms with van der Waals surface area (Å²) in [6.45, 7) is 0. The number of rotatable bonds is 6. The molecule has 1 aromatic carbocycles. The minimum absolute atomic E-state index is 0.134. The summed E-state index contributed by atoms with van der Waals surface area (Å²) >= 11 is 3.04. The fraction of sp³-hybridized carbons (Fsp3) is 0.176. The van der Waals surface area contributed by atoms with Crippen LogP contribution in [-0.2, 0) is 11.2 Å². The maximum Gasteiger partial charge on any atom is 0.230 e. The Morgan fingerprint density at radius 3 is 2.79 bits per heavy atom. The van der Waals surface area contributed by atoms with Crippen molar-refractivity contribution in [3.63, 3.8) is 0 Å². The molecule has 0 radical (unpaired) electrons. The number of nitrogens with one attached hydrogen (secondary N) is 1. The summed E-state index contributed by atoms with van der Waals surface area (Å²) in [5.41, 5.74) is 1.68. The first-order valence-corrected chi connectivity index (χ1v) is 8.95. The van der Waals surface area contributed by atoms with Crippen LogP contribution in [0.3, 0.4) is 0 Å². The molecule has 3 aromatic rings. The summed E-state index contributed by atoms with van der Waals surface area (Å²) in [6, 6.07) is 9.39. The second kappa shape index (κ2) is 7.46. The van der Waals surface area contributed by atoms with Gasteiger partial charge >= 0.3 is 0 Å². The van der Waals surface area contributed by atoms with Gasteiger partial charge in [0.15, 0.2) is 5.13 Å². The third kappa shape index (κ3) is 3.74. The van der Waals surface area contributed by atoms with Gasteiger partial charge in [-0.05, 0) is 17.5 Å². The van der Waals surface area contributed by atoms with Crippen LogP contribution in [0.1, 0.15) is 5.56 Å². The van der Waals surface area contributed by atoms with Crippen LogP contribution in [0.2, 0.25) is 0 Å². The highest BCUT2D eigenvalue weighted by Gasteiger charge is 2.12. The Hall–Kier alpha value is -2.38. The second-order valence-corrected chi connectivity index (χ2v) is 6.72. The molecule has 0 aliphatic rings. The number of carbonyl (C=O) groups excluding carboxylic acids is 1. The van der Waals surface area contributed by atoms with E-state index in [1.807, 2.05) is 35.0 Å². The van der Waals surface area contributed by atoms with Crippen LogP contribution in [-0.4, -0.2) is 25.1 Å². The van der Waals surface area contributed by atoms with E-state index in [-0.39, 0.29) is 12.3 Å². The van der Waals surface area contributed by atoms with Crippen LogP contribution in [0.4, 0.5) is 5.13 Å².